The summed E-state index contributed by atoms with van der Waals surface area (Å²) in [6, 6.07) is 1.68. The number of anilines is 1. The Morgan fingerprint density at radius 2 is 2.44 bits per heavy atom. The third kappa shape index (κ3) is 4.41. The number of carbonyl (C=O) groups is 1. The molecule has 0 spiro atoms. The predicted octanol–water partition coefficient (Wildman–Crippen LogP) is 0.202. The average molecular weight is 226 g/mol. The van der Waals surface area contributed by atoms with Crippen molar-refractivity contribution in [2.45, 2.75) is 13.3 Å². The van der Waals surface area contributed by atoms with Crippen molar-refractivity contribution < 1.29 is 9.32 Å². The molecule has 1 aromatic heterocycles. The highest BCUT2D eigenvalue weighted by Gasteiger charge is 2.08. The second-order valence-electron chi connectivity index (χ2n) is 3.76. The highest BCUT2D eigenvalue weighted by Crippen LogP contribution is 2.07. The summed E-state index contributed by atoms with van der Waals surface area (Å²) in [5.74, 6) is 0.269. The number of likely N-dealkylation sites (N-methyl/N-ethyl adjacent to an activating group) is 1. The van der Waals surface area contributed by atoms with E-state index in [-0.39, 0.29) is 5.91 Å². The van der Waals surface area contributed by atoms with Gasteiger partial charge in [0.15, 0.2) is 0 Å². The van der Waals surface area contributed by atoms with Gasteiger partial charge >= 0.3 is 0 Å². The van der Waals surface area contributed by atoms with Gasteiger partial charge in [0.05, 0.1) is 12.2 Å². The molecule has 1 rings (SSSR count). The number of carbonyl (C=O) groups excluding carboxylic acids is 1. The highest BCUT2D eigenvalue weighted by molar-refractivity contribution is 5.90. The van der Waals surface area contributed by atoms with Crippen LogP contribution in [-0.4, -0.2) is 42.6 Å². The number of aryl methyl sites for hydroxylation is 1. The van der Waals surface area contributed by atoms with Crippen LogP contribution in [0.3, 0.4) is 0 Å². The van der Waals surface area contributed by atoms with E-state index in [4.69, 9.17) is 10.3 Å². The number of nitrogens with one attached hydrogen (secondary N) is 1. The zero-order valence-corrected chi connectivity index (χ0v) is 9.69. The van der Waals surface area contributed by atoms with Crippen LogP contribution in [0.2, 0.25) is 0 Å². The first-order chi connectivity index (χ1) is 7.61. The maximum atomic E-state index is 11.5. The van der Waals surface area contributed by atoms with Gasteiger partial charge in [-0.3, -0.25) is 15.0 Å². The summed E-state index contributed by atoms with van der Waals surface area (Å²) < 4.78 is 4.88. The number of aromatic nitrogens is 1. The second-order valence-corrected chi connectivity index (χ2v) is 3.76. The van der Waals surface area contributed by atoms with Crippen LogP contribution in [0.1, 0.15) is 12.1 Å². The van der Waals surface area contributed by atoms with E-state index >= 15 is 0 Å². The molecule has 0 aliphatic carbocycles. The molecule has 16 heavy (non-hydrogen) atoms. The van der Waals surface area contributed by atoms with Gasteiger partial charge in [-0.05, 0) is 33.5 Å². The van der Waals surface area contributed by atoms with Crippen molar-refractivity contribution in [2.24, 2.45) is 5.73 Å². The minimum absolute atomic E-state index is 0.115. The van der Waals surface area contributed by atoms with Crippen molar-refractivity contribution in [2.75, 3.05) is 32.0 Å². The van der Waals surface area contributed by atoms with Crippen LogP contribution in [0.15, 0.2) is 10.6 Å². The molecule has 0 bridgehead atoms. The summed E-state index contributed by atoms with van der Waals surface area (Å²) in [5.41, 5.74) is 6.13. The smallest absolute Gasteiger partial charge is 0.240 e. The molecule has 3 N–H and O–H groups in total. The lowest BCUT2D eigenvalue weighted by Crippen LogP contribution is -2.31. The molecule has 6 heteroatoms. The van der Waals surface area contributed by atoms with Crippen LogP contribution in [-0.2, 0) is 4.79 Å². The fraction of sp³-hybridized carbons (Fsp3) is 0.600. The molecule has 0 atom stereocenters. The first-order valence-electron chi connectivity index (χ1n) is 5.23. The Kier molecular flexibility index (Phi) is 4.94. The van der Waals surface area contributed by atoms with Crippen molar-refractivity contribution in [3.63, 3.8) is 0 Å². The van der Waals surface area contributed by atoms with Crippen LogP contribution < -0.4 is 11.1 Å². The van der Waals surface area contributed by atoms with E-state index in [9.17, 15) is 4.79 Å². The monoisotopic (exact) mass is 226 g/mol. The summed E-state index contributed by atoms with van der Waals surface area (Å²) in [5, 5.41) is 6.31. The van der Waals surface area contributed by atoms with Gasteiger partial charge in [-0.1, -0.05) is 5.16 Å². The third-order valence-corrected chi connectivity index (χ3v) is 2.05. The Morgan fingerprint density at radius 1 is 1.69 bits per heavy atom. The van der Waals surface area contributed by atoms with Crippen molar-refractivity contribution in [1.29, 1.82) is 0 Å². The topological polar surface area (TPSA) is 84.4 Å². The zero-order valence-electron chi connectivity index (χ0n) is 9.69. The molecule has 1 amide bonds. The van der Waals surface area contributed by atoms with Crippen LogP contribution in [0.5, 0.6) is 0 Å². The van der Waals surface area contributed by atoms with Gasteiger partial charge in [0.2, 0.25) is 11.8 Å². The fourth-order valence-electron chi connectivity index (χ4n) is 1.28. The van der Waals surface area contributed by atoms with Gasteiger partial charge in [0, 0.05) is 6.07 Å². The molecule has 1 aromatic rings. The summed E-state index contributed by atoms with van der Waals surface area (Å²) >= 11 is 0. The Labute approximate surface area is 94.8 Å². The quantitative estimate of drug-likeness (QED) is 0.724. The van der Waals surface area contributed by atoms with Crippen LogP contribution in [0.4, 0.5) is 5.88 Å². The van der Waals surface area contributed by atoms with Gasteiger partial charge in [0.25, 0.3) is 0 Å². The molecule has 0 aliphatic rings. The molecule has 0 fully saturated rings. The number of nitrogens with zero attached hydrogens (tertiary/aromatic N) is 2. The SMILES string of the molecule is Cc1cc(NC(=O)CN(C)CCCN)on1. The van der Waals surface area contributed by atoms with E-state index < -0.39 is 0 Å². The number of hydrogen-bond acceptors (Lipinski definition) is 5. The van der Waals surface area contributed by atoms with E-state index in [2.05, 4.69) is 10.5 Å². The Hall–Kier alpha value is -1.40. The standard InChI is InChI=1S/C10H18N4O2/c1-8-6-10(16-13-8)12-9(15)7-14(2)5-3-4-11/h6H,3-5,7,11H2,1-2H3,(H,12,15). The normalized spacial score (nSPS) is 10.8. The fourth-order valence-corrected chi connectivity index (χ4v) is 1.28. The van der Waals surface area contributed by atoms with E-state index in [1.54, 1.807) is 13.0 Å². The number of hydrogen-bond donors (Lipinski definition) is 2. The first kappa shape index (κ1) is 12.7. The van der Waals surface area contributed by atoms with Crippen LogP contribution >= 0.6 is 0 Å². The molecule has 0 aromatic carbocycles. The van der Waals surface area contributed by atoms with Crippen molar-refractivity contribution >= 4 is 11.8 Å². The molecule has 0 unspecified atom stereocenters. The van der Waals surface area contributed by atoms with E-state index in [0.717, 1.165) is 18.7 Å². The minimum Gasteiger partial charge on any atom is -0.338 e. The molecule has 0 aliphatic heterocycles. The van der Waals surface area contributed by atoms with E-state index in [1.807, 2.05) is 11.9 Å². The van der Waals surface area contributed by atoms with Gasteiger partial charge in [-0.15, -0.1) is 0 Å². The molecular formula is C10H18N4O2. The molecule has 1 heterocycles. The van der Waals surface area contributed by atoms with Crippen molar-refractivity contribution in [3.05, 3.63) is 11.8 Å². The van der Waals surface area contributed by atoms with Crippen LogP contribution in [0, 0.1) is 6.92 Å². The number of rotatable bonds is 6. The third-order valence-electron chi connectivity index (χ3n) is 2.05. The number of nitrogens with two attached hydrogens (primary N) is 1. The Bertz CT molecular complexity index is 337. The summed E-state index contributed by atoms with van der Waals surface area (Å²) in [6.45, 7) is 3.55. The van der Waals surface area contributed by atoms with Gasteiger partial charge in [-0.25, -0.2) is 0 Å². The minimum atomic E-state index is -0.115. The summed E-state index contributed by atoms with van der Waals surface area (Å²) in [4.78, 5) is 13.4. The average Bonchev–Trinajstić information content (AvgIpc) is 2.60. The summed E-state index contributed by atoms with van der Waals surface area (Å²) in [6.07, 6.45) is 0.880. The maximum absolute atomic E-state index is 11.5. The van der Waals surface area contributed by atoms with Gasteiger partial charge in [-0.2, -0.15) is 0 Å². The zero-order chi connectivity index (χ0) is 12.0. The lowest BCUT2D eigenvalue weighted by Gasteiger charge is -2.14. The van der Waals surface area contributed by atoms with Crippen LogP contribution in [0.25, 0.3) is 0 Å². The molecule has 0 saturated carbocycles. The second kappa shape index (κ2) is 6.24. The molecule has 90 valence electrons. The predicted molar refractivity (Wildman–Crippen MR) is 61.0 cm³/mol. The van der Waals surface area contributed by atoms with E-state index in [1.165, 1.54) is 0 Å². The first-order valence-corrected chi connectivity index (χ1v) is 5.23. The Morgan fingerprint density at radius 3 is 3.00 bits per heavy atom. The van der Waals surface area contributed by atoms with Crippen molar-refractivity contribution in [3.8, 4) is 0 Å². The van der Waals surface area contributed by atoms with E-state index in [0.29, 0.717) is 19.0 Å². The lowest BCUT2D eigenvalue weighted by molar-refractivity contribution is -0.117. The largest absolute Gasteiger partial charge is 0.338 e. The van der Waals surface area contributed by atoms with Gasteiger partial charge < -0.3 is 10.3 Å². The maximum Gasteiger partial charge on any atom is 0.240 e. The lowest BCUT2D eigenvalue weighted by atomic mass is 10.4. The van der Waals surface area contributed by atoms with Gasteiger partial charge in [0.1, 0.15) is 0 Å². The molecule has 0 radical (unpaired) electrons. The highest BCUT2D eigenvalue weighted by atomic mass is 16.5. The Balaban J connectivity index is 2.30. The summed E-state index contributed by atoms with van der Waals surface area (Å²) in [7, 11) is 1.88. The molecule has 6 nitrogen and oxygen atoms in total. The molecule has 0 saturated heterocycles. The number of amides is 1. The molecular weight excluding hydrogens is 208 g/mol. The van der Waals surface area contributed by atoms with Crippen molar-refractivity contribution in [1.82, 2.24) is 10.1 Å².